The van der Waals surface area contributed by atoms with Crippen molar-refractivity contribution in [2.24, 2.45) is 0 Å². The molecule has 1 aliphatic carbocycles. The number of carbonyl (C=O) groups is 1. The van der Waals surface area contributed by atoms with E-state index in [4.69, 9.17) is 0 Å². The monoisotopic (exact) mass is 348 g/mol. The highest BCUT2D eigenvalue weighted by atomic mass is 16.1. The van der Waals surface area contributed by atoms with Gasteiger partial charge in [0.1, 0.15) is 0 Å². The van der Waals surface area contributed by atoms with Gasteiger partial charge in [0, 0.05) is 42.9 Å². The van der Waals surface area contributed by atoms with E-state index in [-0.39, 0.29) is 5.91 Å². The van der Waals surface area contributed by atoms with Gasteiger partial charge in [0.15, 0.2) is 0 Å². The van der Waals surface area contributed by atoms with Crippen LogP contribution in [0.4, 0.5) is 0 Å². The predicted octanol–water partition coefficient (Wildman–Crippen LogP) is 3.61. The van der Waals surface area contributed by atoms with Crippen molar-refractivity contribution in [3.63, 3.8) is 0 Å². The van der Waals surface area contributed by atoms with Crippen LogP contribution in [0.2, 0.25) is 0 Å². The highest BCUT2D eigenvalue weighted by Crippen LogP contribution is 2.38. The second-order valence-electron chi connectivity index (χ2n) is 7.12. The van der Waals surface area contributed by atoms with Crippen LogP contribution in [0.1, 0.15) is 51.8 Å². The number of benzene rings is 1. The molecule has 0 bridgehead atoms. The predicted molar refractivity (Wildman–Crippen MR) is 101 cm³/mol. The number of rotatable bonds is 6. The van der Waals surface area contributed by atoms with E-state index in [0.717, 1.165) is 23.4 Å². The minimum Gasteiger partial charge on any atom is -0.348 e. The first-order valence-corrected chi connectivity index (χ1v) is 9.12. The Balaban J connectivity index is 1.38. The maximum atomic E-state index is 12.6. The lowest BCUT2D eigenvalue weighted by atomic mass is 10.1. The number of nitrogens with zero attached hydrogens (tertiary/aromatic N) is 3. The Bertz CT molecular complexity index is 902. The number of aryl methyl sites for hydroxylation is 1. The fraction of sp³-hybridized carbons (Fsp3) is 0.333. The third-order valence-electron chi connectivity index (χ3n) is 5.04. The molecule has 4 rings (SSSR count). The molecule has 5 heteroatoms. The first-order valence-electron chi connectivity index (χ1n) is 9.12. The number of hydrogen-bond acceptors (Lipinski definition) is 2. The van der Waals surface area contributed by atoms with Gasteiger partial charge in [-0.25, -0.2) is 4.98 Å². The number of nitrogens with one attached hydrogen (secondary N) is 1. The van der Waals surface area contributed by atoms with Crippen molar-refractivity contribution in [1.29, 1.82) is 0 Å². The molecule has 0 saturated heterocycles. The van der Waals surface area contributed by atoms with Gasteiger partial charge in [-0.15, -0.1) is 0 Å². The highest BCUT2D eigenvalue weighted by molar-refractivity contribution is 5.95. The molecule has 1 aliphatic rings. The Morgan fingerprint density at radius 3 is 2.58 bits per heavy atom. The number of carbonyl (C=O) groups excluding carboxylic acids is 1. The molecule has 1 aromatic carbocycles. The first-order chi connectivity index (χ1) is 12.6. The normalized spacial score (nSPS) is 13.8. The minimum absolute atomic E-state index is 0.00694. The zero-order valence-electron chi connectivity index (χ0n) is 15.3. The Morgan fingerprint density at radius 1 is 1.19 bits per heavy atom. The minimum atomic E-state index is 0.00694. The van der Waals surface area contributed by atoms with Crippen LogP contribution in [0, 0.1) is 13.8 Å². The molecule has 1 amide bonds. The summed E-state index contributed by atoms with van der Waals surface area (Å²) < 4.78 is 4.34. The van der Waals surface area contributed by atoms with Gasteiger partial charge in [0.25, 0.3) is 5.91 Å². The fourth-order valence-electron chi connectivity index (χ4n) is 3.53. The molecule has 0 radical (unpaired) electrons. The largest absolute Gasteiger partial charge is 0.348 e. The Labute approximate surface area is 153 Å². The molecular formula is C21H24N4O. The molecule has 5 nitrogen and oxygen atoms in total. The van der Waals surface area contributed by atoms with Crippen molar-refractivity contribution in [2.45, 2.75) is 45.8 Å². The van der Waals surface area contributed by atoms with Crippen molar-refractivity contribution < 1.29 is 4.79 Å². The van der Waals surface area contributed by atoms with E-state index in [1.165, 1.54) is 24.1 Å². The summed E-state index contributed by atoms with van der Waals surface area (Å²) in [6.45, 7) is 5.48. The van der Waals surface area contributed by atoms with E-state index >= 15 is 0 Å². The van der Waals surface area contributed by atoms with Crippen molar-refractivity contribution in [3.05, 3.63) is 77.1 Å². The summed E-state index contributed by atoms with van der Waals surface area (Å²) >= 11 is 0. The molecule has 0 atom stereocenters. The molecule has 2 aromatic heterocycles. The van der Waals surface area contributed by atoms with Gasteiger partial charge < -0.3 is 14.5 Å². The van der Waals surface area contributed by atoms with Gasteiger partial charge in [0.2, 0.25) is 0 Å². The van der Waals surface area contributed by atoms with Crippen LogP contribution in [0.25, 0.3) is 0 Å². The summed E-state index contributed by atoms with van der Waals surface area (Å²) in [5.41, 5.74) is 5.37. The van der Waals surface area contributed by atoms with E-state index in [9.17, 15) is 4.79 Å². The van der Waals surface area contributed by atoms with Gasteiger partial charge in [-0.1, -0.05) is 24.3 Å². The Kier molecular flexibility index (Phi) is 4.37. The second kappa shape index (κ2) is 6.83. The molecule has 1 fully saturated rings. The maximum absolute atomic E-state index is 12.6. The molecule has 1 N–H and O–H groups in total. The quantitative estimate of drug-likeness (QED) is 0.740. The van der Waals surface area contributed by atoms with Crippen LogP contribution in [0.15, 0.2) is 49.1 Å². The van der Waals surface area contributed by atoms with E-state index in [2.05, 4.69) is 46.1 Å². The van der Waals surface area contributed by atoms with Crippen LogP contribution in [0.5, 0.6) is 0 Å². The van der Waals surface area contributed by atoms with Crippen molar-refractivity contribution in [2.75, 3.05) is 0 Å². The summed E-state index contributed by atoms with van der Waals surface area (Å²) in [6, 6.07) is 10.9. The Hall–Kier alpha value is -2.82. The summed E-state index contributed by atoms with van der Waals surface area (Å²) in [4.78, 5) is 16.6. The zero-order chi connectivity index (χ0) is 18.1. The lowest BCUT2D eigenvalue weighted by Gasteiger charge is -2.09. The number of hydrogen-bond donors (Lipinski definition) is 1. The highest BCUT2D eigenvalue weighted by Gasteiger charge is 2.28. The third kappa shape index (κ3) is 3.43. The van der Waals surface area contributed by atoms with Crippen molar-refractivity contribution in [3.8, 4) is 0 Å². The lowest BCUT2D eigenvalue weighted by Crippen LogP contribution is -2.23. The number of imidazole rings is 1. The summed E-state index contributed by atoms with van der Waals surface area (Å²) in [5, 5.41) is 3.05. The number of aromatic nitrogens is 3. The molecule has 0 unspecified atom stereocenters. The summed E-state index contributed by atoms with van der Waals surface area (Å²) in [7, 11) is 0. The van der Waals surface area contributed by atoms with Gasteiger partial charge in [0.05, 0.1) is 11.9 Å². The molecule has 0 spiro atoms. The molecule has 1 saturated carbocycles. The second-order valence-corrected chi connectivity index (χ2v) is 7.12. The first kappa shape index (κ1) is 16.6. The molecule has 2 heterocycles. The molecule has 0 aliphatic heterocycles. The van der Waals surface area contributed by atoms with Gasteiger partial charge in [-0.2, -0.15) is 0 Å². The average Bonchev–Trinajstić information content (AvgIpc) is 3.24. The van der Waals surface area contributed by atoms with Crippen LogP contribution in [-0.2, 0) is 13.1 Å². The summed E-state index contributed by atoms with van der Waals surface area (Å²) in [5.74, 6) is 0.00694. The van der Waals surface area contributed by atoms with E-state index < -0.39 is 0 Å². The van der Waals surface area contributed by atoms with Crippen LogP contribution < -0.4 is 5.32 Å². The van der Waals surface area contributed by atoms with E-state index in [0.29, 0.717) is 12.6 Å². The van der Waals surface area contributed by atoms with Crippen molar-refractivity contribution >= 4 is 5.91 Å². The van der Waals surface area contributed by atoms with Crippen LogP contribution >= 0.6 is 0 Å². The molecule has 3 aromatic rings. The van der Waals surface area contributed by atoms with Gasteiger partial charge >= 0.3 is 0 Å². The average molecular weight is 348 g/mol. The van der Waals surface area contributed by atoms with E-state index in [1.54, 1.807) is 6.20 Å². The van der Waals surface area contributed by atoms with Crippen LogP contribution in [0.3, 0.4) is 0 Å². The molecule has 134 valence electrons. The standard InChI is InChI=1S/C21H24N4O/c1-15-11-20(16(2)25(15)19-7-8-19)21(26)23-12-17-3-5-18(6-4-17)13-24-10-9-22-14-24/h3-6,9-11,14,19H,7-8,12-13H2,1-2H3,(H,23,26). The fourth-order valence-corrected chi connectivity index (χ4v) is 3.53. The third-order valence-corrected chi connectivity index (χ3v) is 5.04. The van der Waals surface area contributed by atoms with Gasteiger partial charge in [-0.05, 0) is 43.9 Å². The van der Waals surface area contributed by atoms with E-state index in [1.807, 2.05) is 30.1 Å². The lowest BCUT2D eigenvalue weighted by molar-refractivity contribution is 0.0950. The molecule has 26 heavy (non-hydrogen) atoms. The maximum Gasteiger partial charge on any atom is 0.253 e. The number of amides is 1. The smallest absolute Gasteiger partial charge is 0.253 e. The van der Waals surface area contributed by atoms with Crippen LogP contribution in [-0.4, -0.2) is 20.0 Å². The molecular weight excluding hydrogens is 324 g/mol. The topological polar surface area (TPSA) is 51.9 Å². The SMILES string of the molecule is Cc1cc(C(=O)NCc2ccc(Cn3ccnc3)cc2)c(C)n1C1CC1. The summed E-state index contributed by atoms with van der Waals surface area (Å²) in [6.07, 6.45) is 7.99. The van der Waals surface area contributed by atoms with Gasteiger partial charge in [-0.3, -0.25) is 4.79 Å². The van der Waals surface area contributed by atoms with Crippen molar-refractivity contribution in [1.82, 2.24) is 19.4 Å². The zero-order valence-corrected chi connectivity index (χ0v) is 15.3. The Morgan fingerprint density at radius 2 is 1.92 bits per heavy atom.